The number of nitrogens with zero attached hydrogens (tertiary/aromatic N) is 1. The Morgan fingerprint density at radius 2 is 2.00 bits per heavy atom. The maximum absolute atomic E-state index is 11.4. The zero-order valence-electron chi connectivity index (χ0n) is 9.47. The van der Waals surface area contributed by atoms with Gasteiger partial charge >= 0.3 is 0 Å². The van der Waals surface area contributed by atoms with Gasteiger partial charge in [0.2, 0.25) is 0 Å². The first kappa shape index (κ1) is 12.6. The molecule has 0 aliphatic carbocycles. The maximum Gasteiger partial charge on any atom is 0.134 e. The van der Waals surface area contributed by atoms with Crippen LogP contribution in [-0.4, -0.2) is 31.3 Å². The second-order valence-electron chi connectivity index (χ2n) is 4.19. The molecule has 0 aromatic heterocycles. The molecule has 0 fully saturated rings. The third kappa shape index (κ3) is 7.97. The Morgan fingerprint density at radius 1 is 1.38 bits per heavy atom. The number of carbonyl (C=O) groups is 1. The second-order valence-corrected chi connectivity index (χ2v) is 4.19. The van der Waals surface area contributed by atoms with Crippen LogP contribution in [0, 0.1) is 5.92 Å². The van der Waals surface area contributed by atoms with E-state index in [1.54, 1.807) is 0 Å². The SMILES string of the molecule is CCCC(C)CC(=O)CCN(C)C. The summed E-state index contributed by atoms with van der Waals surface area (Å²) >= 11 is 0. The highest BCUT2D eigenvalue weighted by Gasteiger charge is 2.08. The molecule has 0 aromatic carbocycles. The Hall–Kier alpha value is -0.370. The van der Waals surface area contributed by atoms with E-state index >= 15 is 0 Å². The van der Waals surface area contributed by atoms with Crippen LogP contribution >= 0.6 is 0 Å². The van der Waals surface area contributed by atoms with Gasteiger partial charge in [-0.2, -0.15) is 0 Å². The average molecular weight is 185 g/mol. The standard InChI is InChI=1S/C11H23NO/c1-5-6-10(2)9-11(13)7-8-12(3)4/h10H,5-9H2,1-4H3. The van der Waals surface area contributed by atoms with Crippen LogP contribution in [0.2, 0.25) is 0 Å². The van der Waals surface area contributed by atoms with Crippen molar-refractivity contribution < 1.29 is 4.79 Å². The topological polar surface area (TPSA) is 20.3 Å². The number of hydrogen-bond acceptors (Lipinski definition) is 2. The van der Waals surface area contributed by atoms with Gasteiger partial charge in [-0.15, -0.1) is 0 Å². The third-order valence-corrected chi connectivity index (χ3v) is 2.20. The zero-order chi connectivity index (χ0) is 10.3. The molecule has 13 heavy (non-hydrogen) atoms. The van der Waals surface area contributed by atoms with E-state index in [0.717, 1.165) is 13.0 Å². The fraction of sp³-hybridized carbons (Fsp3) is 0.909. The lowest BCUT2D eigenvalue weighted by atomic mass is 9.98. The van der Waals surface area contributed by atoms with E-state index in [0.29, 0.717) is 18.1 Å². The highest BCUT2D eigenvalue weighted by Crippen LogP contribution is 2.11. The van der Waals surface area contributed by atoms with Gasteiger partial charge in [0.25, 0.3) is 0 Å². The fourth-order valence-electron chi connectivity index (χ4n) is 1.43. The number of rotatable bonds is 7. The van der Waals surface area contributed by atoms with Gasteiger partial charge in [-0.25, -0.2) is 0 Å². The van der Waals surface area contributed by atoms with E-state index < -0.39 is 0 Å². The first-order valence-electron chi connectivity index (χ1n) is 5.22. The normalized spacial score (nSPS) is 13.3. The molecule has 0 heterocycles. The summed E-state index contributed by atoms with van der Waals surface area (Å²) in [5.41, 5.74) is 0. The molecule has 0 rings (SSSR count). The molecule has 0 radical (unpaired) electrons. The molecule has 0 aliphatic heterocycles. The number of hydrogen-bond donors (Lipinski definition) is 0. The number of ketones is 1. The monoisotopic (exact) mass is 185 g/mol. The lowest BCUT2D eigenvalue weighted by molar-refractivity contribution is -0.120. The Kier molecular flexibility index (Phi) is 6.87. The van der Waals surface area contributed by atoms with Gasteiger partial charge in [0.05, 0.1) is 0 Å². The van der Waals surface area contributed by atoms with Crippen LogP contribution < -0.4 is 0 Å². The summed E-state index contributed by atoms with van der Waals surface area (Å²) in [5, 5.41) is 0. The predicted octanol–water partition coefficient (Wildman–Crippen LogP) is 2.33. The molecule has 1 unspecified atom stereocenters. The molecular formula is C11H23NO. The smallest absolute Gasteiger partial charge is 0.134 e. The van der Waals surface area contributed by atoms with Crippen LogP contribution in [-0.2, 0) is 4.79 Å². The van der Waals surface area contributed by atoms with Gasteiger partial charge in [-0.3, -0.25) is 4.79 Å². The van der Waals surface area contributed by atoms with Gasteiger partial charge in [0.15, 0.2) is 0 Å². The molecule has 2 heteroatoms. The molecule has 2 nitrogen and oxygen atoms in total. The molecule has 0 amide bonds. The molecular weight excluding hydrogens is 162 g/mol. The van der Waals surface area contributed by atoms with Crippen LogP contribution in [0.3, 0.4) is 0 Å². The first-order valence-corrected chi connectivity index (χ1v) is 5.22. The summed E-state index contributed by atoms with van der Waals surface area (Å²) < 4.78 is 0. The maximum atomic E-state index is 11.4. The molecule has 78 valence electrons. The Balaban J connectivity index is 3.50. The quantitative estimate of drug-likeness (QED) is 0.606. The van der Waals surface area contributed by atoms with Gasteiger partial charge in [0, 0.05) is 19.4 Å². The average Bonchev–Trinajstić information content (AvgIpc) is 2.01. The summed E-state index contributed by atoms with van der Waals surface area (Å²) in [4.78, 5) is 13.5. The van der Waals surface area contributed by atoms with Gasteiger partial charge in [-0.05, 0) is 20.0 Å². The first-order chi connectivity index (χ1) is 6.06. The van der Waals surface area contributed by atoms with Gasteiger partial charge in [-0.1, -0.05) is 26.7 Å². The van der Waals surface area contributed by atoms with Crippen molar-refractivity contribution in [2.45, 2.75) is 39.5 Å². The lowest BCUT2D eigenvalue weighted by Crippen LogP contribution is -2.17. The molecule has 0 aliphatic rings. The summed E-state index contributed by atoms with van der Waals surface area (Å²) in [5.74, 6) is 0.981. The van der Waals surface area contributed by atoms with E-state index in [2.05, 4.69) is 18.7 Å². The fourth-order valence-corrected chi connectivity index (χ4v) is 1.43. The largest absolute Gasteiger partial charge is 0.309 e. The summed E-state index contributed by atoms with van der Waals surface area (Å²) in [7, 11) is 4.01. The lowest BCUT2D eigenvalue weighted by Gasteiger charge is -2.11. The highest BCUT2D eigenvalue weighted by molar-refractivity contribution is 5.78. The van der Waals surface area contributed by atoms with Crippen molar-refractivity contribution >= 4 is 5.78 Å². The minimum atomic E-state index is 0.412. The van der Waals surface area contributed by atoms with Crippen LogP contribution in [0.25, 0.3) is 0 Å². The van der Waals surface area contributed by atoms with Crippen molar-refractivity contribution in [2.24, 2.45) is 5.92 Å². The summed E-state index contributed by atoms with van der Waals surface area (Å²) in [6.45, 7) is 5.22. The number of Topliss-reactive ketones (excluding diaryl/α,β-unsaturated/α-hetero) is 1. The van der Waals surface area contributed by atoms with E-state index in [1.165, 1.54) is 12.8 Å². The van der Waals surface area contributed by atoms with Gasteiger partial charge < -0.3 is 4.90 Å². The highest BCUT2D eigenvalue weighted by atomic mass is 16.1. The second kappa shape index (κ2) is 7.07. The summed E-state index contributed by atoms with van der Waals surface area (Å²) in [6.07, 6.45) is 3.83. The zero-order valence-corrected chi connectivity index (χ0v) is 9.47. The van der Waals surface area contributed by atoms with E-state index in [1.807, 2.05) is 14.1 Å². The number of carbonyl (C=O) groups excluding carboxylic acids is 1. The van der Waals surface area contributed by atoms with Crippen LogP contribution in [0.5, 0.6) is 0 Å². The minimum absolute atomic E-state index is 0.412. The van der Waals surface area contributed by atoms with Crippen molar-refractivity contribution in [3.05, 3.63) is 0 Å². The van der Waals surface area contributed by atoms with E-state index in [9.17, 15) is 4.79 Å². The Morgan fingerprint density at radius 3 is 2.46 bits per heavy atom. The van der Waals surface area contributed by atoms with Crippen molar-refractivity contribution in [2.75, 3.05) is 20.6 Å². The molecule has 0 aromatic rings. The van der Waals surface area contributed by atoms with Crippen molar-refractivity contribution in [1.29, 1.82) is 0 Å². The minimum Gasteiger partial charge on any atom is -0.309 e. The predicted molar refractivity (Wildman–Crippen MR) is 56.9 cm³/mol. The molecule has 0 spiro atoms. The summed E-state index contributed by atoms with van der Waals surface area (Å²) in [6, 6.07) is 0. The molecule has 0 N–H and O–H groups in total. The van der Waals surface area contributed by atoms with E-state index in [4.69, 9.17) is 0 Å². The Labute approximate surface area is 82.3 Å². The third-order valence-electron chi connectivity index (χ3n) is 2.20. The van der Waals surface area contributed by atoms with Crippen molar-refractivity contribution in [3.8, 4) is 0 Å². The Bertz CT molecular complexity index is 143. The van der Waals surface area contributed by atoms with E-state index in [-0.39, 0.29) is 0 Å². The van der Waals surface area contributed by atoms with Crippen molar-refractivity contribution in [3.63, 3.8) is 0 Å². The molecule has 0 saturated heterocycles. The van der Waals surface area contributed by atoms with Crippen molar-refractivity contribution in [1.82, 2.24) is 4.90 Å². The molecule has 1 atom stereocenters. The molecule has 0 saturated carbocycles. The van der Waals surface area contributed by atoms with Crippen LogP contribution in [0.15, 0.2) is 0 Å². The molecule has 0 bridgehead atoms. The van der Waals surface area contributed by atoms with Crippen LogP contribution in [0.4, 0.5) is 0 Å². The van der Waals surface area contributed by atoms with Crippen LogP contribution in [0.1, 0.15) is 39.5 Å². The van der Waals surface area contributed by atoms with Gasteiger partial charge in [0.1, 0.15) is 5.78 Å².